The Balaban J connectivity index is 2.00. The van der Waals surface area contributed by atoms with Crippen molar-refractivity contribution in [1.29, 1.82) is 0 Å². The predicted molar refractivity (Wildman–Crippen MR) is 95.6 cm³/mol. The zero-order chi connectivity index (χ0) is 14.7. The molecule has 0 saturated carbocycles. The van der Waals surface area contributed by atoms with E-state index in [4.69, 9.17) is 4.99 Å². The summed E-state index contributed by atoms with van der Waals surface area (Å²) in [7, 11) is 0. The number of aromatic nitrogens is 1. The molecule has 0 amide bonds. The molecule has 4 heteroatoms. The fraction of sp³-hybridized carbons (Fsp3) is 0.235. The molecular weight excluding hydrogens is 296 g/mol. The van der Waals surface area contributed by atoms with Crippen molar-refractivity contribution in [3.8, 4) is 0 Å². The summed E-state index contributed by atoms with van der Waals surface area (Å²) < 4.78 is 0. The van der Waals surface area contributed by atoms with Crippen molar-refractivity contribution >= 4 is 29.4 Å². The Hall–Kier alpha value is -1.39. The summed E-state index contributed by atoms with van der Waals surface area (Å²) in [5.41, 5.74) is 3.63. The molecule has 21 heavy (non-hydrogen) atoms. The molecular formula is C17H18N2S2. The van der Waals surface area contributed by atoms with Crippen molar-refractivity contribution in [3.05, 3.63) is 71.6 Å². The van der Waals surface area contributed by atoms with E-state index in [0.29, 0.717) is 0 Å². The summed E-state index contributed by atoms with van der Waals surface area (Å²) in [5.74, 6) is 0.946. The predicted octanol–water partition coefficient (Wildman–Crippen LogP) is 4.28. The van der Waals surface area contributed by atoms with Crippen LogP contribution in [0.1, 0.15) is 22.9 Å². The van der Waals surface area contributed by atoms with Crippen LogP contribution >= 0.6 is 24.4 Å². The van der Waals surface area contributed by atoms with E-state index in [9.17, 15) is 0 Å². The average Bonchev–Trinajstić information content (AvgIpc) is 3.18. The Morgan fingerprint density at radius 2 is 2.05 bits per heavy atom. The molecule has 1 aliphatic heterocycles. The van der Waals surface area contributed by atoms with Crippen LogP contribution < -0.4 is 0 Å². The van der Waals surface area contributed by atoms with Gasteiger partial charge in [-0.2, -0.15) is 12.6 Å². The summed E-state index contributed by atoms with van der Waals surface area (Å²) >= 11 is 6.04. The van der Waals surface area contributed by atoms with Crippen LogP contribution in [0.5, 0.6) is 0 Å². The second-order valence-electron chi connectivity index (χ2n) is 5.01. The van der Waals surface area contributed by atoms with Gasteiger partial charge in [-0.15, -0.1) is 11.8 Å². The first-order valence-electron chi connectivity index (χ1n) is 6.95. The Labute approximate surface area is 135 Å². The maximum atomic E-state index is 4.82. The third kappa shape index (κ3) is 3.11. The number of benzene rings is 1. The fourth-order valence-electron chi connectivity index (χ4n) is 2.67. The van der Waals surface area contributed by atoms with E-state index in [1.54, 1.807) is 11.8 Å². The maximum absolute atomic E-state index is 4.82. The molecule has 0 spiro atoms. The number of aliphatic imine (C=N–C) groups is 1. The lowest BCUT2D eigenvalue weighted by Crippen LogP contribution is -2.15. The van der Waals surface area contributed by atoms with E-state index in [-0.39, 0.29) is 12.0 Å². The maximum Gasteiger partial charge on any atom is 0.0906 e. The molecule has 0 bridgehead atoms. The monoisotopic (exact) mass is 314 g/mol. The van der Waals surface area contributed by atoms with E-state index in [2.05, 4.69) is 78.5 Å². The van der Waals surface area contributed by atoms with Crippen LogP contribution in [0.2, 0.25) is 0 Å². The number of hydrogen-bond donors (Lipinski definition) is 2. The lowest BCUT2D eigenvalue weighted by molar-refractivity contribution is 0.694. The third-order valence-corrected chi connectivity index (χ3v) is 4.70. The van der Waals surface area contributed by atoms with E-state index < -0.39 is 0 Å². The number of nitrogens with zero attached hydrogens (tertiary/aromatic N) is 1. The zero-order valence-electron chi connectivity index (χ0n) is 11.9. The van der Waals surface area contributed by atoms with Gasteiger partial charge in [0.2, 0.25) is 0 Å². The van der Waals surface area contributed by atoms with Crippen LogP contribution in [-0.2, 0) is 5.75 Å². The summed E-state index contributed by atoms with van der Waals surface area (Å²) in [5, 5.41) is 1.10. The minimum atomic E-state index is 0.154. The molecule has 0 aliphatic carbocycles. The highest BCUT2D eigenvalue weighted by Crippen LogP contribution is 2.33. The summed E-state index contributed by atoms with van der Waals surface area (Å²) in [6.07, 6.45) is 6.38. The molecule has 0 radical (unpaired) electrons. The van der Waals surface area contributed by atoms with Gasteiger partial charge in [-0.05, 0) is 30.0 Å². The molecule has 2 heterocycles. The van der Waals surface area contributed by atoms with Crippen LogP contribution in [0.15, 0.2) is 59.6 Å². The van der Waals surface area contributed by atoms with E-state index in [1.807, 2.05) is 0 Å². The van der Waals surface area contributed by atoms with Gasteiger partial charge in [-0.1, -0.05) is 36.4 Å². The zero-order valence-corrected chi connectivity index (χ0v) is 13.6. The molecule has 0 fully saturated rings. The highest BCUT2D eigenvalue weighted by atomic mass is 32.2. The second-order valence-corrected chi connectivity index (χ2v) is 6.15. The number of aromatic amines is 1. The quantitative estimate of drug-likeness (QED) is 0.810. The number of nitrogens with one attached hydrogen (secondary N) is 1. The molecule has 1 aromatic carbocycles. The summed E-state index contributed by atoms with van der Waals surface area (Å²) in [4.78, 5) is 8.31. The van der Waals surface area contributed by atoms with Gasteiger partial charge in [-0.25, -0.2) is 0 Å². The molecule has 2 atom stereocenters. The SMILES string of the molecule is CSC1=NC(C(c2ccccc2)c2ccc(CS)[nH]2)C=C1. The molecule has 1 aromatic heterocycles. The van der Waals surface area contributed by atoms with Crippen molar-refractivity contribution in [3.63, 3.8) is 0 Å². The molecule has 2 nitrogen and oxygen atoms in total. The number of H-pyrrole nitrogens is 1. The Kier molecular flexibility index (Phi) is 4.56. The number of rotatable bonds is 4. The Morgan fingerprint density at radius 3 is 2.67 bits per heavy atom. The van der Waals surface area contributed by atoms with Crippen molar-refractivity contribution < 1.29 is 0 Å². The summed E-state index contributed by atoms with van der Waals surface area (Å²) in [6, 6.07) is 15.0. The van der Waals surface area contributed by atoms with Gasteiger partial charge in [0.25, 0.3) is 0 Å². The van der Waals surface area contributed by atoms with E-state index >= 15 is 0 Å². The van der Waals surface area contributed by atoms with Gasteiger partial charge in [0, 0.05) is 17.1 Å². The van der Waals surface area contributed by atoms with Crippen molar-refractivity contribution in [2.45, 2.75) is 17.7 Å². The first kappa shape index (κ1) is 14.5. The van der Waals surface area contributed by atoms with Crippen LogP contribution in [0.25, 0.3) is 0 Å². The van der Waals surface area contributed by atoms with E-state index in [1.165, 1.54) is 11.3 Å². The first-order chi connectivity index (χ1) is 10.3. The smallest absolute Gasteiger partial charge is 0.0906 e. The van der Waals surface area contributed by atoms with E-state index in [0.717, 1.165) is 16.5 Å². The van der Waals surface area contributed by atoms with Crippen LogP contribution in [0, 0.1) is 0 Å². The van der Waals surface area contributed by atoms with Crippen molar-refractivity contribution in [2.75, 3.05) is 6.26 Å². The molecule has 1 N–H and O–H groups in total. The molecule has 108 valence electrons. The van der Waals surface area contributed by atoms with Gasteiger partial charge in [0.15, 0.2) is 0 Å². The van der Waals surface area contributed by atoms with Gasteiger partial charge < -0.3 is 4.98 Å². The second kappa shape index (κ2) is 6.58. The molecule has 3 rings (SSSR count). The van der Waals surface area contributed by atoms with Crippen LogP contribution in [-0.4, -0.2) is 22.3 Å². The normalized spacial score (nSPS) is 18.8. The number of hydrogen-bond acceptors (Lipinski definition) is 3. The van der Waals surface area contributed by atoms with Crippen LogP contribution in [0.4, 0.5) is 0 Å². The van der Waals surface area contributed by atoms with Gasteiger partial charge >= 0.3 is 0 Å². The highest BCUT2D eigenvalue weighted by Gasteiger charge is 2.26. The first-order valence-corrected chi connectivity index (χ1v) is 8.81. The third-order valence-electron chi connectivity index (χ3n) is 3.70. The number of thioether (sulfide) groups is 1. The minimum Gasteiger partial charge on any atom is -0.361 e. The largest absolute Gasteiger partial charge is 0.361 e. The summed E-state index contributed by atoms with van der Waals surface area (Å²) in [6.45, 7) is 0. The highest BCUT2D eigenvalue weighted by molar-refractivity contribution is 8.13. The molecule has 1 aliphatic rings. The van der Waals surface area contributed by atoms with Gasteiger partial charge in [-0.3, -0.25) is 4.99 Å². The van der Waals surface area contributed by atoms with Crippen molar-refractivity contribution in [1.82, 2.24) is 4.98 Å². The fourth-order valence-corrected chi connectivity index (χ4v) is 3.30. The number of thiol groups is 1. The van der Waals surface area contributed by atoms with Gasteiger partial charge in [0.1, 0.15) is 0 Å². The van der Waals surface area contributed by atoms with Gasteiger partial charge in [0.05, 0.1) is 17.0 Å². The van der Waals surface area contributed by atoms with Crippen LogP contribution in [0.3, 0.4) is 0 Å². The lowest BCUT2D eigenvalue weighted by Gasteiger charge is -2.20. The topological polar surface area (TPSA) is 28.1 Å². The Bertz CT molecular complexity index is 658. The molecule has 0 saturated heterocycles. The van der Waals surface area contributed by atoms with Crippen molar-refractivity contribution in [2.24, 2.45) is 4.99 Å². The minimum absolute atomic E-state index is 0.154. The average molecular weight is 314 g/mol. The Morgan fingerprint density at radius 1 is 1.24 bits per heavy atom. The standard InChI is InChI=1S/C17H18N2S2/c1-21-16-10-9-15(19-16)17(12-5-3-2-4-6-12)14-8-7-13(11-20)18-14/h2-10,15,17-18,20H,11H2,1H3. The molecule has 2 aromatic rings. The lowest BCUT2D eigenvalue weighted by atomic mass is 9.89. The molecule has 2 unspecified atom stereocenters.